The van der Waals surface area contributed by atoms with Gasteiger partial charge in [-0.25, -0.2) is 14.2 Å². The number of aliphatic hydroxyl groups is 1. The molecular weight excluding hydrogens is 609 g/mol. The molecule has 2 aliphatic rings. The van der Waals surface area contributed by atoms with Gasteiger partial charge in [0.05, 0.1) is 10.8 Å². The summed E-state index contributed by atoms with van der Waals surface area (Å²) in [6, 6.07) is 7.56. The van der Waals surface area contributed by atoms with Crippen molar-refractivity contribution in [1.29, 1.82) is 0 Å². The molecule has 10 nitrogen and oxygen atoms in total. The molecule has 0 aliphatic carbocycles. The van der Waals surface area contributed by atoms with Crippen molar-refractivity contribution in [2.24, 2.45) is 0 Å². The summed E-state index contributed by atoms with van der Waals surface area (Å²) in [6.45, 7) is -0.103. The van der Waals surface area contributed by atoms with Crippen LogP contribution in [-0.4, -0.2) is 78.8 Å². The zero-order valence-corrected chi connectivity index (χ0v) is 23.9. The monoisotopic (exact) mass is 630 g/mol. The second-order valence-electron chi connectivity index (χ2n) is 8.45. The van der Waals surface area contributed by atoms with Crippen LogP contribution in [0.3, 0.4) is 0 Å². The Morgan fingerprint density at radius 2 is 1.87 bits per heavy atom. The Morgan fingerprint density at radius 3 is 2.54 bits per heavy atom. The second kappa shape index (κ2) is 12.8. The molecule has 4 rings (SSSR count). The molecule has 0 bridgehead atoms. The minimum atomic E-state index is -1.52. The lowest BCUT2D eigenvalue weighted by Crippen LogP contribution is -2.70. The highest BCUT2D eigenvalue weighted by atomic mass is 35.5. The summed E-state index contributed by atoms with van der Waals surface area (Å²) >= 11 is 16.0. The number of benzene rings is 1. The van der Waals surface area contributed by atoms with Gasteiger partial charge in [-0.1, -0.05) is 23.2 Å². The van der Waals surface area contributed by atoms with E-state index in [1.54, 1.807) is 42.7 Å². The van der Waals surface area contributed by atoms with Crippen LogP contribution in [0.2, 0.25) is 10.0 Å². The van der Waals surface area contributed by atoms with E-state index in [1.165, 1.54) is 44.8 Å². The topological polar surface area (TPSA) is 148 Å². The highest BCUT2D eigenvalue weighted by molar-refractivity contribution is 8.01. The smallest absolute Gasteiger partial charge is 0.352 e. The number of hydrogen-bond donors (Lipinski definition) is 4. The van der Waals surface area contributed by atoms with Crippen LogP contribution in [0.15, 0.2) is 63.8 Å². The number of aliphatic carboxylic acids is 2. The number of carbonyl (C=O) groups excluding carboxylic acids is 2. The number of fused-ring (bicyclic) bond motifs is 1. The Hall–Kier alpha value is -2.42. The third-order valence-corrected chi connectivity index (χ3v) is 9.93. The SMILES string of the molecule is O=C(CSc1cc(Cl)ccc1Cl)N[C@@H]1C(=O)N2C(C(=O)O)=C(CSc3cc[n+](CC(O)C(=O)O)cc3)CS[C@H]12. The number of aromatic nitrogens is 1. The minimum Gasteiger partial charge on any atom is -0.479 e. The molecule has 2 aromatic rings. The van der Waals surface area contributed by atoms with Crippen molar-refractivity contribution in [3.05, 3.63) is 64.0 Å². The van der Waals surface area contributed by atoms with Crippen molar-refractivity contribution in [2.45, 2.75) is 33.9 Å². The molecule has 0 radical (unpaired) electrons. The van der Waals surface area contributed by atoms with Crippen LogP contribution in [0.25, 0.3) is 0 Å². The largest absolute Gasteiger partial charge is 0.479 e. The van der Waals surface area contributed by atoms with E-state index in [4.69, 9.17) is 28.3 Å². The third kappa shape index (κ3) is 7.02. The molecule has 206 valence electrons. The number of pyridine rings is 1. The number of halogens is 2. The number of thioether (sulfide) groups is 3. The first kappa shape index (κ1) is 29.6. The lowest BCUT2D eigenvalue weighted by Gasteiger charge is -2.49. The van der Waals surface area contributed by atoms with Crippen LogP contribution in [0.4, 0.5) is 0 Å². The molecule has 2 aliphatic heterocycles. The minimum absolute atomic E-state index is 0.0110. The Bertz CT molecular complexity index is 1340. The van der Waals surface area contributed by atoms with Gasteiger partial charge in [0.1, 0.15) is 17.1 Å². The predicted molar refractivity (Wildman–Crippen MR) is 148 cm³/mol. The van der Waals surface area contributed by atoms with Crippen molar-refractivity contribution >= 4 is 82.2 Å². The number of rotatable bonds is 11. The van der Waals surface area contributed by atoms with Gasteiger partial charge in [0.25, 0.3) is 5.91 Å². The second-order valence-corrected chi connectivity index (χ2v) is 12.5. The van der Waals surface area contributed by atoms with E-state index in [9.17, 15) is 29.4 Å². The fourth-order valence-electron chi connectivity index (χ4n) is 3.85. The molecule has 1 fully saturated rings. The summed E-state index contributed by atoms with van der Waals surface area (Å²) in [5.41, 5.74) is 0.508. The van der Waals surface area contributed by atoms with Crippen LogP contribution in [0, 0.1) is 0 Å². The molecule has 0 saturated carbocycles. The maximum atomic E-state index is 12.9. The number of β-lactam (4-membered cyclic amide) rings is 1. The van der Waals surface area contributed by atoms with E-state index in [-0.39, 0.29) is 23.9 Å². The summed E-state index contributed by atoms with van der Waals surface area (Å²) in [5, 5.41) is 31.3. The molecule has 2 amide bonds. The number of hydrogen-bond acceptors (Lipinski definition) is 8. The van der Waals surface area contributed by atoms with E-state index in [0.717, 1.165) is 4.90 Å². The Balaban J connectivity index is 1.35. The van der Waals surface area contributed by atoms with Crippen LogP contribution in [0.5, 0.6) is 0 Å². The first-order valence-electron chi connectivity index (χ1n) is 11.3. The number of aliphatic hydroxyl groups excluding tert-OH is 1. The van der Waals surface area contributed by atoms with Crippen molar-refractivity contribution < 1.29 is 39.1 Å². The molecule has 15 heteroatoms. The number of carbonyl (C=O) groups is 4. The molecule has 1 aromatic heterocycles. The molecule has 3 heterocycles. The van der Waals surface area contributed by atoms with Gasteiger partial charge in [0, 0.05) is 38.5 Å². The Morgan fingerprint density at radius 1 is 1.15 bits per heavy atom. The Labute approximate surface area is 245 Å². The molecule has 3 atom stereocenters. The predicted octanol–water partition coefficient (Wildman–Crippen LogP) is 2.35. The van der Waals surface area contributed by atoms with Crippen LogP contribution < -0.4 is 9.88 Å². The van der Waals surface area contributed by atoms with Crippen molar-refractivity contribution in [2.75, 3.05) is 17.3 Å². The highest BCUT2D eigenvalue weighted by Crippen LogP contribution is 2.41. The molecule has 1 aromatic carbocycles. The van der Waals surface area contributed by atoms with Gasteiger partial charge in [-0.05, 0) is 23.8 Å². The molecule has 39 heavy (non-hydrogen) atoms. The first-order chi connectivity index (χ1) is 18.5. The Kier molecular flexibility index (Phi) is 9.73. The van der Waals surface area contributed by atoms with Gasteiger partial charge >= 0.3 is 11.9 Å². The highest BCUT2D eigenvalue weighted by Gasteiger charge is 2.54. The van der Waals surface area contributed by atoms with Crippen LogP contribution >= 0.6 is 58.5 Å². The zero-order chi connectivity index (χ0) is 28.3. The molecule has 0 spiro atoms. The fourth-order valence-corrected chi connectivity index (χ4v) is 7.52. The van der Waals surface area contributed by atoms with Crippen LogP contribution in [0.1, 0.15) is 0 Å². The maximum Gasteiger partial charge on any atom is 0.352 e. The number of nitrogens with one attached hydrogen (secondary N) is 1. The van der Waals surface area contributed by atoms with Crippen molar-refractivity contribution in [1.82, 2.24) is 10.2 Å². The van der Waals surface area contributed by atoms with Gasteiger partial charge in [-0.3, -0.25) is 14.5 Å². The molecule has 4 N–H and O–H groups in total. The average molecular weight is 632 g/mol. The lowest BCUT2D eigenvalue weighted by molar-refractivity contribution is -0.702. The summed E-state index contributed by atoms with van der Waals surface area (Å²) in [7, 11) is 0. The average Bonchev–Trinajstić information content (AvgIpc) is 2.91. The van der Waals surface area contributed by atoms with E-state index >= 15 is 0 Å². The lowest BCUT2D eigenvalue weighted by atomic mass is 10.0. The van der Waals surface area contributed by atoms with E-state index in [1.807, 2.05) is 0 Å². The number of carboxylic acid groups (broad SMARTS) is 2. The van der Waals surface area contributed by atoms with E-state index < -0.39 is 35.4 Å². The first-order valence-corrected chi connectivity index (χ1v) is 15.1. The number of nitrogens with zero attached hydrogens (tertiary/aromatic N) is 2. The van der Waals surface area contributed by atoms with Crippen LogP contribution in [-0.2, 0) is 25.7 Å². The summed E-state index contributed by atoms with van der Waals surface area (Å²) in [4.78, 5) is 51.0. The van der Waals surface area contributed by atoms with Gasteiger partial charge in [-0.2, -0.15) is 0 Å². The van der Waals surface area contributed by atoms with Gasteiger partial charge in [0.15, 0.2) is 18.9 Å². The van der Waals surface area contributed by atoms with Crippen molar-refractivity contribution in [3.8, 4) is 0 Å². The van der Waals surface area contributed by atoms with Gasteiger partial charge < -0.3 is 20.6 Å². The summed E-state index contributed by atoms with van der Waals surface area (Å²) < 4.78 is 1.53. The van der Waals surface area contributed by atoms with E-state index in [2.05, 4.69) is 5.32 Å². The zero-order valence-electron chi connectivity index (χ0n) is 20.0. The molecule has 1 saturated heterocycles. The summed E-state index contributed by atoms with van der Waals surface area (Å²) in [6.07, 6.45) is 1.72. The summed E-state index contributed by atoms with van der Waals surface area (Å²) in [5.74, 6) is -2.68. The standard InChI is InChI=1S/C24H21Cl2N3O7S3/c25-13-1-2-15(26)17(7-13)38-11-18(31)27-19-21(32)29-20(24(35)36)12(10-39-22(19)29)9-37-14-3-5-28(6-4-14)8-16(30)23(33)34/h1-7,16,19,22,30H,8-11H2,(H2-,27,31,33,34,35,36)/p+1/t16?,19-,22-/m1/s1. The van der Waals surface area contributed by atoms with Gasteiger partial charge in [-0.15, -0.1) is 35.3 Å². The molecular formula is C24H22Cl2N3O7S3+. The maximum absolute atomic E-state index is 12.9. The molecule has 1 unspecified atom stereocenters. The van der Waals surface area contributed by atoms with E-state index in [0.29, 0.717) is 32.0 Å². The third-order valence-electron chi connectivity index (χ3n) is 5.76. The number of amides is 2. The normalized spacial score (nSPS) is 19.3. The van der Waals surface area contributed by atoms with Gasteiger partial charge in [0.2, 0.25) is 12.0 Å². The fraction of sp³-hybridized carbons (Fsp3) is 0.292. The van der Waals surface area contributed by atoms with Crippen molar-refractivity contribution in [3.63, 3.8) is 0 Å². The number of carboxylic acids is 2. The quantitative estimate of drug-likeness (QED) is 0.166.